The van der Waals surface area contributed by atoms with Gasteiger partial charge in [0.05, 0.1) is 25.2 Å². The van der Waals surface area contributed by atoms with Gasteiger partial charge < -0.3 is 9.47 Å². The summed E-state index contributed by atoms with van der Waals surface area (Å²) in [5.74, 6) is 0.895. The van der Waals surface area contributed by atoms with Gasteiger partial charge in [0, 0.05) is 5.02 Å². The number of thioether (sulfide) groups is 1. The van der Waals surface area contributed by atoms with Crippen molar-refractivity contribution < 1.29 is 19.1 Å². The minimum atomic E-state index is -0.312. The quantitative estimate of drug-likeness (QED) is 0.636. The number of rotatable bonds is 6. The van der Waals surface area contributed by atoms with Crippen molar-refractivity contribution in [3.63, 3.8) is 0 Å². The number of carbonyl (C=O) groups is 2. The molecule has 0 radical (unpaired) electrons. The van der Waals surface area contributed by atoms with Gasteiger partial charge in [0.2, 0.25) is 0 Å². The SMILES string of the molecule is CCOc1ccc(C=C2SC(=O)N(Cc3ccc(Cl)cc3)C2=O)cc1OC. The van der Waals surface area contributed by atoms with E-state index >= 15 is 0 Å². The first-order valence-corrected chi connectivity index (χ1v) is 9.52. The third-order valence-corrected chi connectivity index (χ3v) is 5.07. The van der Waals surface area contributed by atoms with Gasteiger partial charge in [-0.1, -0.05) is 29.8 Å². The van der Waals surface area contributed by atoms with Crippen LogP contribution in [0.15, 0.2) is 47.4 Å². The van der Waals surface area contributed by atoms with Crippen LogP contribution in [0.3, 0.4) is 0 Å². The number of nitrogens with zero attached hydrogens (tertiary/aromatic N) is 1. The summed E-state index contributed by atoms with van der Waals surface area (Å²) >= 11 is 6.80. The predicted octanol–water partition coefficient (Wildman–Crippen LogP) is 4.98. The van der Waals surface area contributed by atoms with Gasteiger partial charge in [-0.25, -0.2) is 0 Å². The van der Waals surface area contributed by atoms with Gasteiger partial charge in [0.25, 0.3) is 11.1 Å². The Hall–Kier alpha value is -2.44. The molecule has 0 atom stereocenters. The van der Waals surface area contributed by atoms with E-state index in [1.165, 1.54) is 4.90 Å². The molecule has 0 saturated carbocycles. The summed E-state index contributed by atoms with van der Waals surface area (Å²) in [5.41, 5.74) is 1.60. The van der Waals surface area contributed by atoms with Gasteiger partial charge in [-0.2, -0.15) is 0 Å². The van der Waals surface area contributed by atoms with Crippen molar-refractivity contribution in [1.29, 1.82) is 0 Å². The van der Waals surface area contributed by atoms with Crippen molar-refractivity contribution in [2.45, 2.75) is 13.5 Å². The van der Waals surface area contributed by atoms with Crippen LogP contribution in [0.5, 0.6) is 11.5 Å². The maximum atomic E-state index is 12.6. The molecule has 7 heteroatoms. The number of halogens is 1. The molecular weight excluding hydrogens is 386 g/mol. The molecule has 0 unspecified atom stereocenters. The Labute approximate surface area is 166 Å². The van der Waals surface area contributed by atoms with Crippen molar-refractivity contribution in [3.8, 4) is 11.5 Å². The maximum Gasteiger partial charge on any atom is 0.293 e. The van der Waals surface area contributed by atoms with Crippen LogP contribution in [0.25, 0.3) is 6.08 Å². The van der Waals surface area contributed by atoms with Gasteiger partial charge in [0.1, 0.15) is 0 Å². The number of ether oxygens (including phenoxy) is 2. The summed E-state index contributed by atoms with van der Waals surface area (Å²) in [6.07, 6.45) is 1.69. The van der Waals surface area contributed by atoms with Crippen LogP contribution in [0.2, 0.25) is 5.02 Å². The molecule has 2 aromatic rings. The summed E-state index contributed by atoms with van der Waals surface area (Å²) in [6, 6.07) is 12.4. The second-order valence-electron chi connectivity index (χ2n) is 5.74. The van der Waals surface area contributed by atoms with Crippen LogP contribution in [0.4, 0.5) is 4.79 Å². The van der Waals surface area contributed by atoms with Crippen LogP contribution >= 0.6 is 23.4 Å². The molecule has 5 nitrogen and oxygen atoms in total. The third-order valence-electron chi connectivity index (χ3n) is 3.91. The minimum Gasteiger partial charge on any atom is -0.493 e. The van der Waals surface area contributed by atoms with Crippen molar-refractivity contribution in [3.05, 3.63) is 63.5 Å². The molecule has 27 heavy (non-hydrogen) atoms. The number of hydrogen-bond acceptors (Lipinski definition) is 5. The highest BCUT2D eigenvalue weighted by Gasteiger charge is 2.35. The van der Waals surface area contributed by atoms with Gasteiger partial charge in [-0.3, -0.25) is 14.5 Å². The second kappa shape index (κ2) is 8.50. The van der Waals surface area contributed by atoms with Crippen molar-refractivity contribution >= 4 is 40.6 Å². The van der Waals surface area contributed by atoms with Crippen LogP contribution in [-0.4, -0.2) is 29.8 Å². The summed E-state index contributed by atoms with van der Waals surface area (Å²) < 4.78 is 10.8. The molecule has 1 fully saturated rings. The van der Waals surface area contributed by atoms with Gasteiger partial charge in [0.15, 0.2) is 11.5 Å². The fourth-order valence-corrected chi connectivity index (χ4v) is 3.57. The van der Waals surface area contributed by atoms with E-state index in [0.717, 1.165) is 22.9 Å². The molecule has 0 N–H and O–H groups in total. The molecule has 0 aromatic heterocycles. The third kappa shape index (κ3) is 4.46. The largest absolute Gasteiger partial charge is 0.493 e. The Bertz CT molecular complexity index is 895. The van der Waals surface area contributed by atoms with E-state index < -0.39 is 0 Å². The predicted molar refractivity (Wildman–Crippen MR) is 107 cm³/mol. The molecule has 3 rings (SSSR count). The molecule has 1 heterocycles. The Morgan fingerprint density at radius 3 is 2.52 bits per heavy atom. The molecule has 0 spiro atoms. The molecule has 140 valence electrons. The molecule has 0 bridgehead atoms. The Balaban J connectivity index is 1.80. The number of amides is 2. The first-order valence-electron chi connectivity index (χ1n) is 8.32. The Morgan fingerprint density at radius 1 is 1.11 bits per heavy atom. The monoisotopic (exact) mass is 403 g/mol. The van der Waals surface area contributed by atoms with Gasteiger partial charge in [-0.15, -0.1) is 0 Å². The zero-order chi connectivity index (χ0) is 19.4. The van der Waals surface area contributed by atoms with Gasteiger partial charge >= 0.3 is 0 Å². The van der Waals surface area contributed by atoms with E-state index in [4.69, 9.17) is 21.1 Å². The van der Waals surface area contributed by atoms with Crippen LogP contribution in [0, 0.1) is 0 Å². The van der Waals surface area contributed by atoms with Crippen molar-refractivity contribution in [1.82, 2.24) is 4.90 Å². The van der Waals surface area contributed by atoms with E-state index in [0.29, 0.717) is 28.0 Å². The van der Waals surface area contributed by atoms with Gasteiger partial charge in [-0.05, 0) is 60.2 Å². The molecular formula is C20H18ClNO4S. The average molecular weight is 404 g/mol. The average Bonchev–Trinajstić information content (AvgIpc) is 2.92. The first-order chi connectivity index (χ1) is 13.0. The van der Waals surface area contributed by atoms with Crippen LogP contribution in [0.1, 0.15) is 18.1 Å². The number of benzene rings is 2. The number of imide groups is 1. The fourth-order valence-electron chi connectivity index (χ4n) is 2.61. The zero-order valence-corrected chi connectivity index (χ0v) is 16.5. The van der Waals surface area contributed by atoms with Crippen molar-refractivity contribution in [2.75, 3.05) is 13.7 Å². The first kappa shape index (κ1) is 19.3. The normalized spacial score (nSPS) is 15.5. The number of hydrogen-bond donors (Lipinski definition) is 0. The fraction of sp³-hybridized carbons (Fsp3) is 0.200. The summed E-state index contributed by atoms with van der Waals surface area (Å²) in [6.45, 7) is 2.63. The van der Waals surface area contributed by atoms with E-state index in [1.54, 1.807) is 49.6 Å². The molecule has 2 amide bonds. The Kier molecular flexibility index (Phi) is 6.08. The van der Waals surface area contributed by atoms with Crippen LogP contribution < -0.4 is 9.47 Å². The van der Waals surface area contributed by atoms with E-state index in [-0.39, 0.29) is 17.7 Å². The smallest absolute Gasteiger partial charge is 0.293 e. The molecule has 1 aliphatic heterocycles. The van der Waals surface area contributed by atoms with E-state index in [9.17, 15) is 9.59 Å². The lowest BCUT2D eigenvalue weighted by atomic mass is 10.1. The standard InChI is InChI=1S/C20H18ClNO4S/c1-3-26-16-9-6-14(10-17(16)25-2)11-18-19(23)22(20(24)27-18)12-13-4-7-15(21)8-5-13/h4-11H,3,12H2,1-2H3. The highest BCUT2D eigenvalue weighted by atomic mass is 35.5. The summed E-state index contributed by atoms with van der Waals surface area (Å²) in [7, 11) is 1.56. The van der Waals surface area contributed by atoms with Crippen molar-refractivity contribution in [2.24, 2.45) is 0 Å². The Morgan fingerprint density at radius 2 is 1.85 bits per heavy atom. The van der Waals surface area contributed by atoms with Crippen LogP contribution in [-0.2, 0) is 11.3 Å². The second-order valence-corrected chi connectivity index (χ2v) is 7.17. The highest BCUT2D eigenvalue weighted by molar-refractivity contribution is 8.18. The lowest BCUT2D eigenvalue weighted by molar-refractivity contribution is -0.123. The maximum absolute atomic E-state index is 12.6. The molecule has 0 aliphatic carbocycles. The topological polar surface area (TPSA) is 55.8 Å². The molecule has 2 aromatic carbocycles. The van der Waals surface area contributed by atoms with E-state index in [2.05, 4.69) is 0 Å². The number of carbonyl (C=O) groups excluding carboxylic acids is 2. The lowest BCUT2D eigenvalue weighted by Gasteiger charge is -2.12. The summed E-state index contributed by atoms with van der Waals surface area (Å²) in [5, 5.41) is 0.316. The zero-order valence-electron chi connectivity index (χ0n) is 14.9. The summed E-state index contributed by atoms with van der Waals surface area (Å²) in [4.78, 5) is 26.5. The molecule has 1 aliphatic rings. The number of methoxy groups -OCH3 is 1. The molecule has 1 saturated heterocycles. The lowest BCUT2D eigenvalue weighted by Crippen LogP contribution is -2.27. The highest BCUT2D eigenvalue weighted by Crippen LogP contribution is 2.35. The van der Waals surface area contributed by atoms with E-state index in [1.807, 2.05) is 13.0 Å². The minimum absolute atomic E-state index is 0.214.